The SMILES string of the molecule is CN=C(NCCC(=O)NC1CCS(=O)(=O)C1)NCc1ccc(OC)cc1. The number of methoxy groups -OCH3 is 1. The van der Waals surface area contributed by atoms with Gasteiger partial charge >= 0.3 is 0 Å². The van der Waals surface area contributed by atoms with E-state index in [1.807, 2.05) is 24.3 Å². The number of carbonyl (C=O) groups excluding carboxylic acids is 1. The van der Waals surface area contributed by atoms with Crippen LogP contribution in [0.1, 0.15) is 18.4 Å². The molecular formula is C17H26N4O4S. The summed E-state index contributed by atoms with van der Waals surface area (Å²) in [4.78, 5) is 16.0. The molecule has 0 aliphatic carbocycles. The minimum absolute atomic E-state index is 0.0389. The first-order valence-electron chi connectivity index (χ1n) is 8.49. The summed E-state index contributed by atoms with van der Waals surface area (Å²) in [6.07, 6.45) is 0.742. The molecule has 1 heterocycles. The molecule has 9 heteroatoms. The highest BCUT2D eigenvalue weighted by molar-refractivity contribution is 7.91. The maximum absolute atomic E-state index is 11.9. The number of guanidine groups is 1. The van der Waals surface area contributed by atoms with Crippen molar-refractivity contribution >= 4 is 21.7 Å². The van der Waals surface area contributed by atoms with Crippen molar-refractivity contribution in [2.75, 3.05) is 32.2 Å². The number of carbonyl (C=O) groups is 1. The van der Waals surface area contributed by atoms with E-state index >= 15 is 0 Å². The van der Waals surface area contributed by atoms with Crippen LogP contribution in [0.4, 0.5) is 0 Å². The molecule has 144 valence electrons. The third-order valence-corrected chi connectivity index (χ3v) is 5.85. The van der Waals surface area contributed by atoms with Crippen LogP contribution >= 0.6 is 0 Å². The Morgan fingerprint density at radius 2 is 2.00 bits per heavy atom. The first-order chi connectivity index (χ1) is 12.4. The average Bonchev–Trinajstić information content (AvgIpc) is 2.96. The molecule has 0 saturated carbocycles. The fourth-order valence-electron chi connectivity index (χ4n) is 2.65. The highest BCUT2D eigenvalue weighted by atomic mass is 32.2. The number of ether oxygens (including phenoxy) is 1. The molecule has 1 aromatic carbocycles. The molecule has 0 aromatic heterocycles. The topological polar surface area (TPSA) is 109 Å². The number of sulfone groups is 1. The summed E-state index contributed by atoms with van der Waals surface area (Å²) in [5, 5.41) is 9.00. The second-order valence-corrected chi connectivity index (χ2v) is 8.35. The fourth-order valence-corrected chi connectivity index (χ4v) is 4.33. The summed E-state index contributed by atoms with van der Waals surface area (Å²) in [7, 11) is 0.301. The van der Waals surface area contributed by atoms with Gasteiger partial charge in [0.2, 0.25) is 5.91 Å². The van der Waals surface area contributed by atoms with Gasteiger partial charge in [0.25, 0.3) is 0 Å². The van der Waals surface area contributed by atoms with Crippen molar-refractivity contribution in [3.05, 3.63) is 29.8 Å². The Balaban J connectivity index is 1.67. The average molecular weight is 382 g/mol. The smallest absolute Gasteiger partial charge is 0.222 e. The largest absolute Gasteiger partial charge is 0.497 e. The summed E-state index contributed by atoms with van der Waals surface area (Å²) in [5.74, 6) is 1.43. The van der Waals surface area contributed by atoms with Gasteiger partial charge in [0.1, 0.15) is 5.75 Å². The summed E-state index contributed by atoms with van der Waals surface area (Å²) >= 11 is 0. The number of nitrogens with one attached hydrogen (secondary N) is 3. The summed E-state index contributed by atoms with van der Waals surface area (Å²) in [6.45, 7) is 1.00. The number of amides is 1. The van der Waals surface area contributed by atoms with Crippen molar-refractivity contribution in [2.24, 2.45) is 4.99 Å². The van der Waals surface area contributed by atoms with E-state index in [0.717, 1.165) is 11.3 Å². The van der Waals surface area contributed by atoms with Crippen LogP contribution in [-0.2, 0) is 21.2 Å². The molecule has 0 radical (unpaired) electrons. The number of nitrogens with zero attached hydrogens (tertiary/aromatic N) is 1. The van der Waals surface area contributed by atoms with Gasteiger partial charge in [-0.05, 0) is 24.1 Å². The molecule has 1 aliphatic heterocycles. The van der Waals surface area contributed by atoms with Crippen molar-refractivity contribution in [3.63, 3.8) is 0 Å². The van der Waals surface area contributed by atoms with Gasteiger partial charge in [-0.3, -0.25) is 9.79 Å². The van der Waals surface area contributed by atoms with Gasteiger partial charge in [-0.25, -0.2) is 8.42 Å². The van der Waals surface area contributed by atoms with Crippen LogP contribution in [0.2, 0.25) is 0 Å². The maximum atomic E-state index is 11.9. The summed E-state index contributed by atoms with van der Waals surface area (Å²) in [6, 6.07) is 7.44. The molecule has 0 bridgehead atoms. The van der Waals surface area contributed by atoms with Crippen LogP contribution in [0, 0.1) is 0 Å². The molecule has 3 N–H and O–H groups in total. The third kappa shape index (κ3) is 6.55. The molecule has 0 spiro atoms. The number of hydrogen-bond acceptors (Lipinski definition) is 5. The van der Waals surface area contributed by atoms with Crippen molar-refractivity contribution < 1.29 is 17.9 Å². The lowest BCUT2D eigenvalue weighted by atomic mass is 10.2. The number of aliphatic imine (C=N–C) groups is 1. The van der Waals surface area contributed by atoms with Gasteiger partial charge in [-0.15, -0.1) is 0 Å². The number of benzene rings is 1. The van der Waals surface area contributed by atoms with Gasteiger partial charge in [-0.1, -0.05) is 12.1 Å². The molecule has 1 aliphatic rings. The normalized spacial score (nSPS) is 19.0. The summed E-state index contributed by atoms with van der Waals surface area (Å²) < 4.78 is 27.9. The van der Waals surface area contributed by atoms with Crippen molar-refractivity contribution in [1.82, 2.24) is 16.0 Å². The molecule has 1 fully saturated rings. The Labute approximate surface area is 154 Å². The van der Waals surface area contributed by atoms with E-state index < -0.39 is 9.84 Å². The van der Waals surface area contributed by atoms with E-state index in [-0.39, 0.29) is 29.9 Å². The number of rotatable bonds is 7. The molecule has 1 aromatic rings. The Kier molecular flexibility index (Phi) is 7.26. The molecule has 1 amide bonds. The molecule has 1 unspecified atom stereocenters. The Bertz CT molecular complexity index is 732. The highest BCUT2D eigenvalue weighted by Crippen LogP contribution is 2.11. The van der Waals surface area contributed by atoms with Crippen LogP contribution in [0.5, 0.6) is 5.75 Å². The van der Waals surface area contributed by atoms with Crippen LogP contribution in [0.3, 0.4) is 0 Å². The zero-order valence-electron chi connectivity index (χ0n) is 15.1. The second kappa shape index (κ2) is 9.42. The van der Waals surface area contributed by atoms with Crippen molar-refractivity contribution in [1.29, 1.82) is 0 Å². The monoisotopic (exact) mass is 382 g/mol. The third-order valence-electron chi connectivity index (χ3n) is 4.08. The van der Waals surface area contributed by atoms with Crippen LogP contribution in [0.15, 0.2) is 29.3 Å². The van der Waals surface area contributed by atoms with Gasteiger partial charge in [-0.2, -0.15) is 0 Å². The lowest BCUT2D eigenvalue weighted by molar-refractivity contribution is -0.121. The van der Waals surface area contributed by atoms with Gasteiger partial charge in [0.15, 0.2) is 15.8 Å². The van der Waals surface area contributed by atoms with Crippen molar-refractivity contribution in [3.8, 4) is 5.75 Å². The Morgan fingerprint density at radius 1 is 1.27 bits per heavy atom. The molecule has 1 atom stereocenters. The molecular weight excluding hydrogens is 356 g/mol. The Hall–Kier alpha value is -2.29. The van der Waals surface area contributed by atoms with Crippen molar-refractivity contribution in [2.45, 2.75) is 25.4 Å². The minimum atomic E-state index is -2.98. The van der Waals surface area contributed by atoms with E-state index in [1.54, 1.807) is 14.2 Å². The van der Waals surface area contributed by atoms with E-state index in [1.165, 1.54) is 0 Å². The highest BCUT2D eigenvalue weighted by Gasteiger charge is 2.28. The zero-order chi connectivity index (χ0) is 19.0. The molecule has 2 rings (SSSR count). The maximum Gasteiger partial charge on any atom is 0.222 e. The lowest BCUT2D eigenvalue weighted by Crippen LogP contribution is -2.40. The quantitative estimate of drug-likeness (QED) is 0.454. The second-order valence-electron chi connectivity index (χ2n) is 6.12. The summed E-state index contributed by atoms with van der Waals surface area (Å²) in [5.41, 5.74) is 1.08. The van der Waals surface area contributed by atoms with E-state index in [2.05, 4.69) is 20.9 Å². The van der Waals surface area contributed by atoms with Gasteiger partial charge in [0, 0.05) is 32.6 Å². The van der Waals surface area contributed by atoms with Crippen LogP contribution < -0.4 is 20.7 Å². The fraction of sp³-hybridized carbons (Fsp3) is 0.529. The van der Waals surface area contributed by atoms with E-state index in [0.29, 0.717) is 25.5 Å². The van der Waals surface area contributed by atoms with E-state index in [9.17, 15) is 13.2 Å². The molecule has 8 nitrogen and oxygen atoms in total. The molecule has 26 heavy (non-hydrogen) atoms. The van der Waals surface area contributed by atoms with Gasteiger partial charge < -0.3 is 20.7 Å². The van der Waals surface area contributed by atoms with Gasteiger partial charge in [0.05, 0.1) is 18.6 Å². The predicted molar refractivity (Wildman–Crippen MR) is 101 cm³/mol. The van der Waals surface area contributed by atoms with Crippen LogP contribution in [-0.4, -0.2) is 58.5 Å². The standard InChI is InChI=1S/C17H26N4O4S/c1-18-17(20-11-13-3-5-15(25-2)6-4-13)19-9-7-16(22)21-14-8-10-26(23,24)12-14/h3-6,14H,7-12H2,1-2H3,(H,21,22)(H2,18,19,20). The Morgan fingerprint density at radius 3 is 2.58 bits per heavy atom. The first-order valence-corrected chi connectivity index (χ1v) is 10.3. The first kappa shape index (κ1) is 20.0. The molecule has 1 saturated heterocycles. The van der Waals surface area contributed by atoms with E-state index in [4.69, 9.17) is 4.74 Å². The zero-order valence-corrected chi connectivity index (χ0v) is 15.9. The predicted octanol–water partition coefficient (Wildman–Crippen LogP) is 0.0536. The minimum Gasteiger partial charge on any atom is -0.497 e. The van der Waals surface area contributed by atoms with Crippen LogP contribution in [0.25, 0.3) is 0 Å². The lowest BCUT2D eigenvalue weighted by Gasteiger charge is -2.13. The number of hydrogen-bond donors (Lipinski definition) is 3.